The molecule has 0 N–H and O–H groups in total. The van der Waals surface area contributed by atoms with Gasteiger partial charge in [-0.2, -0.15) is 0 Å². The Kier molecular flexibility index (Phi) is 5.99. The predicted molar refractivity (Wildman–Crippen MR) is 100 cm³/mol. The van der Waals surface area contributed by atoms with Crippen molar-refractivity contribution in [1.82, 2.24) is 0 Å². The predicted octanol–water partition coefficient (Wildman–Crippen LogP) is 3.68. The lowest BCUT2D eigenvalue weighted by Crippen LogP contribution is -2.31. The van der Waals surface area contributed by atoms with Crippen LogP contribution in [0, 0.1) is 17.0 Å². The van der Waals surface area contributed by atoms with E-state index in [9.17, 15) is 18.5 Å². The van der Waals surface area contributed by atoms with Crippen molar-refractivity contribution in [3.63, 3.8) is 0 Å². The van der Waals surface area contributed by atoms with Crippen molar-refractivity contribution in [2.24, 2.45) is 0 Å². The Morgan fingerprint density at radius 1 is 1.27 bits per heavy atom. The summed E-state index contributed by atoms with van der Waals surface area (Å²) in [5.41, 5.74) is 0.485. The molecule has 0 amide bonds. The number of sulfonamides is 1. The van der Waals surface area contributed by atoms with Crippen LogP contribution in [-0.4, -0.2) is 26.5 Å². The summed E-state index contributed by atoms with van der Waals surface area (Å²) in [6, 6.07) is 10.6. The standard InChI is InChI=1S/C18H20N2O5S/c1-4-12-19(16-8-6-7-9-18(16)25-5-2)26(23,24)15-11-10-14(3)17(13-15)20(21)22/h4,6-11,13H,1,5,12H2,2-3H3. The summed E-state index contributed by atoms with van der Waals surface area (Å²) in [6.45, 7) is 7.33. The third kappa shape index (κ3) is 3.85. The maximum Gasteiger partial charge on any atom is 0.273 e. The third-order valence-corrected chi connectivity index (χ3v) is 5.47. The molecule has 0 aliphatic carbocycles. The summed E-state index contributed by atoms with van der Waals surface area (Å²) >= 11 is 0. The summed E-state index contributed by atoms with van der Waals surface area (Å²) in [7, 11) is -4.05. The molecule has 2 aromatic carbocycles. The highest BCUT2D eigenvalue weighted by atomic mass is 32.2. The highest BCUT2D eigenvalue weighted by molar-refractivity contribution is 7.92. The molecule has 0 unspecified atom stereocenters. The number of ether oxygens (including phenoxy) is 1. The number of hydrogen-bond acceptors (Lipinski definition) is 5. The Morgan fingerprint density at radius 3 is 2.58 bits per heavy atom. The molecule has 2 rings (SSSR count). The van der Waals surface area contributed by atoms with Gasteiger partial charge in [0.05, 0.1) is 28.7 Å². The Bertz CT molecular complexity index is 925. The van der Waals surface area contributed by atoms with Gasteiger partial charge in [-0.25, -0.2) is 8.42 Å². The molecule has 7 nitrogen and oxygen atoms in total. The van der Waals surface area contributed by atoms with Crippen LogP contribution in [-0.2, 0) is 10.0 Å². The SMILES string of the molecule is C=CCN(c1ccccc1OCC)S(=O)(=O)c1ccc(C)c([N+](=O)[O-])c1. The van der Waals surface area contributed by atoms with E-state index in [0.29, 0.717) is 23.6 Å². The molecule has 0 saturated heterocycles. The van der Waals surface area contributed by atoms with Crippen LogP contribution >= 0.6 is 0 Å². The number of para-hydroxylation sites is 2. The van der Waals surface area contributed by atoms with Gasteiger partial charge in [-0.05, 0) is 32.0 Å². The fourth-order valence-corrected chi connectivity index (χ4v) is 3.92. The zero-order valence-electron chi connectivity index (χ0n) is 14.6. The quantitative estimate of drug-likeness (QED) is 0.398. The number of hydrogen-bond donors (Lipinski definition) is 0. The van der Waals surface area contributed by atoms with Gasteiger partial charge in [0, 0.05) is 11.6 Å². The topological polar surface area (TPSA) is 89.8 Å². The highest BCUT2D eigenvalue weighted by Gasteiger charge is 2.28. The molecule has 0 aromatic heterocycles. The monoisotopic (exact) mass is 376 g/mol. The summed E-state index contributed by atoms with van der Waals surface area (Å²) in [6.07, 6.45) is 1.45. The number of nitrogens with zero attached hydrogens (tertiary/aromatic N) is 2. The molecule has 2 aromatic rings. The first-order valence-corrected chi connectivity index (χ1v) is 9.37. The number of rotatable bonds is 8. The van der Waals surface area contributed by atoms with Crippen LogP contribution in [0.1, 0.15) is 12.5 Å². The van der Waals surface area contributed by atoms with Gasteiger partial charge in [-0.3, -0.25) is 14.4 Å². The van der Waals surface area contributed by atoms with E-state index in [1.807, 2.05) is 0 Å². The van der Waals surface area contributed by atoms with E-state index in [2.05, 4.69) is 6.58 Å². The summed E-state index contributed by atoms with van der Waals surface area (Å²) in [5, 5.41) is 11.2. The first-order valence-electron chi connectivity index (χ1n) is 7.93. The molecule has 8 heteroatoms. The van der Waals surface area contributed by atoms with Gasteiger partial charge in [-0.15, -0.1) is 6.58 Å². The van der Waals surface area contributed by atoms with Crippen LogP contribution in [0.5, 0.6) is 5.75 Å². The molecule has 0 aliphatic heterocycles. The number of aryl methyl sites for hydroxylation is 1. The van der Waals surface area contributed by atoms with E-state index in [4.69, 9.17) is 4.74 Å². The van der Waals surface area contributed by atoms with Gasteiger partial charge in [0.15, 0.2) is 0 Å². The van der Waals surface area contributed by atoms with Crippen LogP contribution in [0.4, 0.5) is 11.4 Å². The van der Waals surface area contributed by atoms with Crippen LogP contribution in [0.3, 0.4) is 0 Å². The van der Waals surface area contributed by atoms with E-state index in [1.54, 1.807) is 38.1 Å². The lowest BCUT2D eigenvalue weighted by molar-refractivity contribution is -0.385. The number of anilines is 1. The molecular weight excluding hydrogens is 356 g/mol. The van der Waals surface area contributed by atoms with Crippen LogP contribution in [0.25, 0.3) is 0 Å². The fourth-order valence-electron chi connectivity index (χ4n) is 2.46. The molecule has 0 aliphatic rings. The molecule has 26 heavy (non-hydrogen) atoms. The van der Waals surface area contributed by atoms with E-state index < -0.39 is 14.9 Å². The molecule has 0 heterocycles. The average Bonchev–Trinajstić information content (AvgIpc) is 2.60. The van der Waals surface area contributed by atoms with Crippen LogP contribution < -0.4 is 9.04 Å². The average molecular weight is 376 g/mol. The molecule has 0 bridgehead atoms. The van der Waals surface area contributed by atoms with Gasteiger partial charge in [-0.1, -0.05) is 24.3 Å². The van der Waals surface area contributed by atoms with Crippen LogP contribution in [0.2, 0.25) is 0 Å². The maximum absolute atomic E-state index is 13.2. The van der Waals surface area contributed by atoms with Crippen LogP contribution in [0.15, 0.2) is 60.0 Å². The highest BCUT2D eigenvalue weighted by Crippen LogP contribution is 2.33. The first-order chi connectivity index (χ1) is 12.3. The number of nitro benzene ring substituents is 1. The lowest BCUT2D eigenvalue weighted by Gasteiger charge is -2.25. The molecule has 0 fully saturated rings. The van der Waals surface area contributed by atoms with Gasteiger partial charge < -0.3 is 4.74 Å². The zero-order chi connectivity index (χ0) is 19.3. The van der Waals surface area contributed by atoms with Crippen molar-refractivity contribution >= 4 is 21.4 Å². The smallest absolute Gasteiger partial charge is 0.273 e. The van der Waals surface area contributed by atoms with Gasteiger partial charge in [0.1, 0.15) is 5.75 Å². The molecule has 0 atom stereocenters. The second kappa shape index (κ2) is 8.01. The van der Waals surface area contributed by atoms with E-state index >= 15 is 0 Å². The molecule has 0 radical (unpaired) electrons. The maximum atomic E-state index is 13.2. The van der Waals surface area contributed by atoms with Crippen molar-refractivity contribution in [3.8, 4) is 5.75 Å². The normalized spacial score (nSPS) is 11.0. The molecular formula is C18H20N2O5S. The van der Waals surface area contributed by atoms with E-state index in [-0.39, 0.29) is 17.1 Å². The minimum absolute atomic E-state index is 0.00586. The lowest BCUT2D eigenvalue weighted by atomic mass is 10.2. The first kappa shape index (κ1) is 19.5. The minimum atomic E-state index is -4.05. The van der Waals surface area contributed by atoms with Crippen molar-refractivity contribution in [2.75, 3.05) is 17.5 Å². The van der Waals surface area contributed by atoms with Crippen molar-refractivity contribution in [2.45, 2.75) is 18.7 Å². The Morgan fingerprint density at radius 2 is 1.96 bits per heavy atom. The van der Waals surface area contributed by atoms with E-state index in [1.165, 1.54) is 18.2 Å². The van der Waals surface area contributed by atoms with Gasteiger partial charge >= 0.3 is 0 Å². The van der Waals surface area contributed by atoms with Crippen molar-refractivity contribution < 1.29 is 18.1 Å². The number of benzene rings is 2. The molecule has 0 spiro atoms. The third-order valence-electron chi connectivity index (χ3n) is 3.69. The molecule has 138 valence electrons. The number of nitro groups is 1. The largest absolute Gasteiger partial charge is 0.492 e. The Labute approximate surface area is 152 Å². The Balaban J connectivity index is 2.62. The fraction of sp³-hybridized carbons (Fsp3) is 0.222. The zero-order valence-corrected chi connectivity index (χ0v) is 15.4. The van der Waals surface area contributed by atoms with E-state index in [0.717, 1.165) is 10.4 Å². The summed E-state index contributed by atoms with van der Waals surface area (Å²) in [5.74, 6) is 0.405. The molecule has 0 saturated carbocycles. The minimum Gasteiger partial charge on any atom is -0.492 e. The summed E-state index contributed by atoms with van der Waals surface area (Å²) < 4.78 is 33.0. The second-order valence-electron chi connectivity index (χ2n) is 5.43. The summed E-state index contributed by atoms with van der Waals surface area (Å²) in [4.78, 5) is 10.4. The Hall–Kier alpha value is -2.87. The van der Waals surface area contributed by atoms with Gasteiger partial charge in [0.25, 0.3) is 15.7 Å². The van der Waals surface area contributed by atoms with Crippen molar-refractivity contribution in [1.29, 1.82) is 0 Å². The van der Waals surface area contributed by atoms with Gasteiger partial charge in [0.2, 0.25) is 0 Å². The second-order valence-corrected chi connectivity index (χ2v) is 7.29. The van der Waals surface area contributed by atoms with Crippen molar-refractivity contribution in [3.05, 3.63) is 70.8 Å².